The van der Waals surface area contributed by atoms with Gasteiger partial charge in [-0.3, -0.25) is 4.79 Å². The molecule has 3 N–H and O–H groups in total. The molecule has 0 unspecified atom stereocenters. The summed E-state index contributed by atoms with van der Waals surface area (Å²) in [7, 11) is 0. The Balaban J connectivity index is 1.74. The highest BCUT2D eigenvalue weighted by atomic mass is 16.1. The second-order valence-corrected chi connectivity index (χ2v) is 5.51. The molecule has 110 valence electrons. The zero-order valence-corrected chi connectivity index (χ0v) is 11.7. The Bertz CT molecular complexity index is 618. The smallest absolute Gasteiger partial charge is 0.226 e. The van der Waals surface area contributed by atoms with Crippen molar-refractivity contribution in [2.75, 3.05) is 5.32 Å². The summed E-state index contributed by atoms with van der Waals surface area (Å²) < 4.78 is 1.52. The van der Waals surface area contributed by atoms with Crippen molar-refractivity contribution in [2.24, 2.45) is 5.73 Å². The Kier molecular flexibility index (Phi) is 3.66. The number of aromatic nitrogens is 4. The molecular formula is C14H18N6O. The van der Waals surface area contributed by atoms with Crippen molar-refractivity contribution < 1.29 is 4.79 Å². The molecule has 2 heterocycles. The van der Waals surface area contributed by atoms with E-state index in [-0.39, 0.29) is 11.4 Å². The first kappa shape index (κ1) is 13.7. The summed E-state index contributed by atoms with van der Waals surface area (Å²) in [5, 5.41) is 6.92. The fourth-order valence-electron chi connectivity index (χ4n) is 2.76. The number of amides is 1. The summed E-state index contributed by atoms with van der Waals surface area (Å²) in [5.74, 6) is 0.453. The normalized spacial score (nSPS) is 16.8. The minimum Gasteiger partial charge on any atom is -0.325 e. The van der Waals surface area contributed by atoms with Gasteiger partial charge in [-0.25, -0.2) is 14.6 Å². The third-order valence-corrected chi connectivity index (χ3v) is 3.81. The van der Waals surface area contributed by atoms with E-state index in [1.807, 2.05) is 0 Å². The number of rotatable bonds is 4. The summed E-state index contributed by atoms with van der Waals surface area (Å²) in [4.78, 5) is 20.4. The predicted molar refractivity (Wildman–Crippen MR) is 77.8 cm³/mol. The van der Waals surface area contributed by atoms with Crippen LogP contribution in [0.3, 0.4) is 0 Å². The minimum absolute atomic E-state index is 0.0891. The summed E-state index contributed by atoms with van der Waals surface area (Å²) >= 11 is 0. The van der Waals surface area contributed by atoms with Crippen molar-refractivity contribution in [3.05, 3.63) is 31.0 Å². The van der Waals surface area contributed by atoms with Crippen LogP contribution in [-0.4, -0.2) is 31.2 Å². The number of hydrogen-bond donors (Lipinski definition) is 2. The third kappa shape index (κ3) is 3.08. The van der Waals surface area contributed by atoms with E-state index in [0.29, 0.717) is 17.9 Å². The highest BCUT2D eigenvalue weighted by molar-refractivity contribution is 5.93. The molecule has 2 aromatic heterocycles. The SMILES string of the molecule is NC1(CC(=O)Nc2cccnc2-n2cncn2)CCCC1. The van der Waals surface area contributed by atoms with Crippen LogP contribution in [0.1, 0.15) is 32.1 Å². The molecule has 1 amide bonds. The summed E-state index contributed by atoms with van der Waals surface area (Å²) in [6.45, 7) is 0. The van der Waals surface area contributed by atoms with Crippen LogP contribution in [0.25, 0.3) is 5.82 Å². The fourth-order valence-corrected chi connectivity index (χ4v) is 2.76. The highest BCUT2D eigenvalue weighted by Gasteiger charge is 2.31. The van der Waals surface area contributed by atoms with E-state index >= 15 is 0 Å². The van der Waals surface area contributed by atoms with Gasteiger partial charge in [-0.15, -0.1) is 0 Å². The second-order valence-electron chi connectivity index (χ2n) is 5.51. The maximum atomic E-state index is 12.2. The van der Waals surface area contributed by atoms with Crippen LogP contribution in [0.15, 0.2) is 31.0 Å². The molecule has 0 aliphatic heterocycles. The molecule has 1 aliphatic carbocycles. The lowest BCUT2D eigenvalue weighted by Gasteiger charge is -2.22. The molecule has 0 saturated heterocycles. The van der Waals surface area contributed by atoms with Gasteiger partial charge in [0.15, 0.2) is 5.82 Å². The van der Waals surface area contributed by atoms with Gasteiger partial charge in [0.25, 0.3) is 0 Å². The van der Waals surface area contributed by atoms with E-state index in [1.54, 1.807) is 24.7 Å². The van der Waals surface area contributed by atoms with Gasteiger partial charge >= 0.3 is 0 Å². The molecule has 3 rings (SSSR count). The molecule has 0 radical (unpaired) electrons. The van der Waals surface area contributed by atoms with Crippen LogP contribution >= 0.6 is 0 Å². The second kappa shape index (κ2) is 5.61. The Labute approximate surface area is 122 Å². The number of anilines is 1. The lowest BCUT2D eigenvalue weighted by molar-refractivity contribution is -0.117. The summed E-state index contributed by atoms with van der Waals surface area (Å²) in [5.41, 5.74) is 6.49. The van der Waals surface area contributed by atoms with Crippen LogP contribution in [0.4, 0.5) is 5.69 Å². The molecule has 0 spiro atoms. The minimum atomic E-state index is -0.361. The lowest BCUT2D eigenvalue weighted by atomic mass is 9.94. The number of hydrogen-bond acceptors (Lipinski definition) is 5. The lowest BCUT2D eigenvalue weighted by Crippen LogP contribution is -2.40. The van der Waals surface area contributed by atoms with Crippen LogP contribution < -0.4 is 11.1 Å². The van der Waals surface area contributed by atoms with Gasteiger partial charge in [-0.1, -0.05) is 12.8 Å². The Morgan fingerprint density at radius 3 is 2.95 bits per heavy atom. The number of pyridine rings is 1. The van der Waals surface area contributed by atoms with E-state index in [9.17, 15) is 4.79 Å². The van der Waals surface area contributed by atoms with Gasteiger partial charge < -0.3 is 11.1 Å². The van der Waals surface area contributed by atoms with Crippen LogP contribution in [0, 0.1) is 0 Å². The van der Waals surface area contributed by atoms with Crippen molar-refractivity contribution in [1.82, 2.24) is 19.7 Å². The third-order valence-electron chi connectivity index (χ3n) is 3.81. The van der Waals surface area contributed by atoms with Gasteiger partial charge in [0.05, 0.1) is 5.69 Å². The van der Waals surface area contributed by atoms with Crippen molar-refractivity contribution in [2.45, 2.75) is 37.6 Å². The molecule has 0 bridgehead atoms. The Morgan fingerprint density at radius 1 is 1.43 bits per heavy atom. The first-order chi connectivity index (χ1) is 10.2. The topological polar surface area (TPSA) is 98.7 Å². The molecule has 1 fully saturated rings. The van der Waals surface area contributed by atoms with Gasteiger partial charge in [0.1, 0.15) is 12.7 Å². The first-order valence-electron chi connectivity index (χ1n) is 7.05. The standard InChI is InChI=1S/C14H18N6O/c15-14(5-1-2-6-14)8-12(21)19-11-4-3-7-17-13(11)20-10-16-9-18-20/h3-4,7,9-10H,1-2,5-6,8,15H2,(H,19,21). The van der Waals surface area contributed by atoms with Crippen LogP contribution in [0.2, 0.25) is 0 Å². The van der Waals surface area contributed by atoms with E-state index in [2.05, 4.69) is 20.4 Å². The van der Waals surface area contributed by atoms with E-state index in [4.69, 9.17) is 5.73 Å². The van der Waals surface area contributed by atoms with Crippen molar-refractivity contribution >= 4 is 11.6 Å². The maximum absolute atomic E-state index is 12.2. The largest absolute Gasteiger partial charge is 0.325 e. The van der Waals surface area contributed by atoms with E-state index < -0.39 is 0 Å². The molecule has 7 nitrogen and oxygen atoms in total. The predicted octanol–water partition coefficient (Wildman–Crippen LogP) is 1.26. The number of carbonyl (C=O) groups is 1. The highest BCUT2D eigenvalue weighted by Crippen LogP contribution is 2.30. The summed E-state index contributed by atoms with van der Waals surface area (Å²) in [6.07, 6.45) is 8.95. The number of nitrogens with zero attached hydrogens (tertiary/aromatic N) is 4. The van der Waals surface area contributed by atoms with Gasteiger partial charge in [-0.05, 0) is 25.0 Å². The molecule has 2 aromatic rings. The summed E-state index contributed by atoms with van der Waals surface area (Å²) in [6, 6.07) is 3.56. The van der Waals surface area contributed by atoms with Crippen molar-refractivity contribution in [3.8, 4) is 5.82 Å². The molecule has 0 aromatic carbocycles. The van der Waals surface area contributed by atoms with Crippen LogP contribution in [-0.2, 0) is 4.79 Å². The number of nitrogens with two attached hydrogens (primary N) is 1. The quantitative estimate of drug-likeness (QED) is 0.881. The van der Waals surface area contributed by atoms with Crippen molar-refractivity contribution in [3.63, 3.8) is 0 Å². The first-order valence-corrected chi connectivity index (χ1v) is 7.05. The average Bonchev–Trinajstić information content (AvgIpc) is 3.11. The zero-order chi connectivity index (χ0) is 14.7. The zero-order valence-electron chi connectivity index (χ0n) is 11.7. The monoisotopic (exact) mass is 286 g/mol. The average molecular weight is 286 g/mol. The molecule has 1 saturated carbocycles. The van der Waals surface area contributed by atoms with Gasteiger partial charge in [0, 0.05) is 18.2 Å². The van der Waals surface area contributed by atoms with Gasteiger partial charge in [-0.2, -0.15) is 5.10 Å². The number of carbonyl (C=O) groups excluding carboxylic acids is 1. The van der Waals surface area contributed by atoms with E-state index in [1.165, 1.54) is 11.0 Å². The van der Waals surface area contributed by atoms with Crippen LogP contribution in [0.5, 0.6) is 0 Å². The fraction of sp³-hybridized carbons (Fsp3) is 0.429. The van der Waals surface area contributed by atoms with Crippen molar-refractivity contribution in [1.29, 1.82) is 0 Å². The molecule has 7 heteroatoms. The van der Waals surface area contributed by atoms with Gasteiger partial charge in [0.2, 0.25) is 5.91 Å². The Morgan fingerprint density at radius 2 is 2.24 bits per heavy atom. The van der Waals surface area contributed by atoms with E-state index in [0.717, 1.165) is 25.7 Å². The Hall–Kier alpha value is -2.28. The molecular weight excluding hydrogens is 268 g/mol. The molecule has 21 heavy (non-hydrogen) atoms. The molecule has 0 atom stereocenters. The molecule has 1 aliphatic rings. The number of nitrogens with one attached hydrogen (secondary N) is 1. The maximum Gasteiger partial charge on any atom is 0.226 e.